The number of carbonyl (C=O) groups is 1. The Hall–Kier alpha value is -1.51. The van der Waals surface area contributed by atoms with Crippen molar-refractivity contribution in [2.45, 2.75) is 32.4 Å². The van der Waals surface area contributed by atoms with Gasteiger partial charge in [0.2, 0.25) is 0 Å². The molecule has 0 spiro atoms. The summed E-state index contributed by atoms with van der Waals surface area (Å²) in [4.78, 5) is 13.5. The fourth-order valence-corrected chi connectivity index (χ4v) is 2.35. The molecule has 0 aliphatic carbocycles. The first-order valence-electron chi connectivity index (χ1n) is 5.61. The number of benzene rings is 1. The molecule has 1 fully saturated rings. The second-order valence-corrected chi connectivity index (χ2v) is 4.57. The van der Waals surface area contributed by atoms with E-state index in [1.54, 1.807) is 4.90 Å². The number of ether oxygens (including phenoxy) is 1. The van der Waals surface area contributed by atoms with E-state index in [0.29, 0.717) is 6.54 Å². The maximum atomic E-state index is 11.7. The number of likely N-dealkylation sites (N-methyl/N-ethyl adjacent to an activating group) is 1. The Morgan fingerprint density at radius 1 is 1.31 bits per heavy atom. The number of nitrogens with zero attached hydrogens (tertiary/aromatic N) is 1. The van der Waals surface area contributed by atoms with Gasteiger partial charge < -0.3 is 4.74 Å². The zero-order chi connectivity index (χ0) is 11.8. The molecule has 1 saturated heterocycles. The van der Waals surface area contributed by atoms with Crippen molar-refractivity contribution in [3.63, 3.8) is 0 Å². The molecular formula is C13H17NO2. The van der Waals surface area contributed by atoms with Crippen molar-refractivity contribution in [3.8, 4) is 0 Å². The molecule has 3 nitrogen and oxygen atoms in total. The lowest BCUT2D eigenvalue weighted by Gasteiger charge is -2.28. The van der Waals surface area contributed by atoms with Crippen molar-refractivity contribution in [1.82, 2.24) is 4.90 Å². The van der Waals surface area contributed by atoms with E-state index in [1.165, 1.54) is 0 Å². The summed E-state index contributed by atoms with van der Waals surface area (Å²) >= 11 is 0. The number of hydrogen-bond acceptors (Lipinski definition) is 2. The van der Waals surface area contributed by atoms with Crippen molar-refractivity contribution in [2.75, 3.05) is 6.54 Å². The highest BCUT2D eigenvalue weighted by Crippen LogP contribution is 2.40. The first-order valence-corrected chi connectivity index (χ1v) is 5.61. The summed E-state index contributed by atoms with van der Waals surface area (Å²) in [6, 6.07) is 10.0. The molecule has 1 aromatic carbocycles. The zero-order valence-electron chi connectivity index (χ0n) is 9.93. The minimum absolute atomic E-state index is 0.00574. The van der Waals surface area contributed by atoms with Gasteiger partial charge in [0, 0.05) is 6.54 Å². The molecule has 3 heteroatoms. The Bertz CT molecular complexity index is 386. The van der Waals surface area contributed by atoms with Gasteiger partial charge in [0.05, 0.1) is 6.04 Å². The maximum Gasteiger partial charge on any atom is 0.411 e. The van der Waals surface area contributed by atoms with Crippen LogP contribution in [0.3, 0.4) is 0 Å². The van der Waals surface area contributed by atoms with Crippen LogP contribution >= 0.6 is 0 Å². The fourth-order valence-electron chi connectivity index (χ4n) is 2.35. The summed E-state index contributed by atoms with van der Waals surface area (Å²) in [6.45, 7) is 6.55. The van der Waals surface area contributed by atoms with Crippen LogP contribution in [0.2, 0.25) is 0 Å². The number of hydrogen-bond donors (Lipinski definition) is 0. The average Bonchev–Trinajstić information content (AvgIpc) is 2.48. The van der Waals surface area contributed by atoms with Gasteiger partial charge >= 0.3 is 6.09 Å². The van der Waals surface area contributed by atoms with E-state index in [9.17, 15) is 4.79 Å². The molecule has 0 bridgehead atoms. The maximum absolute atomic E-state index is 11.7. The van der Waals surface area contributed by atoms with Gasteiger partial charge in [0.15, 0.2) is 0 Å². The molecule has 0 unspecified atom stereocenters. The van der Waals surface area contributed by atoms with Crippen molar-refractivity contribution in [3.05, 3.63) is 35.9 Å². The van der Waals surface area contributed by atoms with E-state index in [-0.39, 0.29) is 12.1 Å². The first-order chi connectivity index (χ1) is 7.56. The van der Waals surface area contributed by atoms with E-state index in [2.05, 4.69) is 0 Å². The number of cyclic esters (lactones) is 1. The third-order valence-electron chi connectivity index (χ3n) is 3.01. The number of carbonyl (C=O) groups excluding carboxylic acids is 1. The predicted molar refractivity (Wildman–Crippen MR) is 62.1 cm³/mol. The van der Waals surface area contributed by atoms with E-state index in [4.69, 9.17) is 4.74 Å². The molecule has 1 aliphatic rings. The summed E-state index contributed by atoms with van der Waals surface area (Å²) < 4.78 is 5.41. The van der Waals surface area contributed by atoms with Crippen LogP contribution in [0.1, 0.15) is 32.4 Å². The molecule has 1 aliphatic heterocycles. The third-order valence-corrected chi connectivity index (χ3v) is 3.01. The van der Waals surface area contributed by atoms with Crippen molar-refractivity contribution < 1.29 is 9.53 Å². The quantitative estimate of drug-likeness (QED) is 0.765. The zero-order valence-corrected chi connectivity index (χ0v) is 9.93. The van der Waals surface area contributed by atoms with Gasteiger partial charge in [-0.3, -0.25) is 4.90 Å². The minimum atomic E-state index is -0.464. The SMILES string of the molecule is CCN1C(=O)OC(C)(C)[C@@H]1c1ccccc1. The Morgan fingerprint density at radius 3 is 2.50 bits per heavy atom. The highest BCUT2D eigenvalue weighted by atomic mass is 16.6. The van der Waals surface area contributed by atoms with Crippen molar-refractivity contribution >= 4 is 6.09 Å². The second-order valence-electron chi connectivity index (χ2n) is 4.57. The summed E-state index contributed by atoms with van der Waals surface area (Å²) in [6.07, 6.45) is -0.221. The van der Waals surface area contributed by atoms with E-state index < -0.39 is 5.60 Å². The summed E-state index contributed by atoms with van der Waals surface area (Å²) in [5.74, 6) is 0. The van der Waals surface area contributed by atoms with Crippen LogP contribution in [0.5, 0.6) is 0 Å². The monoisotopic (exact) mass is 219 g/mol. The Morgan fingerprint density at radius 2 is 1.94 bits per heavy atom. The van der Waals surface area contributed by atoms with Crippen LogP contribution in [-0.2, 0) is 4.74 Å². The minimum Gasteiger partial charge on any atom is -0.441 e. The van der Waals surface area contributed by atoms with Gasteiger partial charge in [-0.1, -0.05) is 30.3 Å². The molecule has 0 aromatic heterocycles. The van der Waals surface area contributed by atoms with E-state index >= 15 is 0 Å². The molecule has 2 rings (SSSR count). The summed E-state index contributed by atoms with van der Waals surface area (Å²) in [7, 11) is 0. The highest BCUT2D eigenvalue weighted by molar-refractivity contribution is 5.72. The van der Waals surface area contributed by atoms with Gasteiger partial charge in [-0.2, -0.15) is 0 Å². The van der Waals surface area contributed by atoms with Crippen LogP contribution in [0.25, 0.3) is 0 Å². The molecule has 16 heavy (non-hydrogen) atoms. The topological polar surface area (TPSA) is 29.5 Å². The summed E-state index contributed by atoms with van der Waals surface area (Å²) in [5.41, 5.74) is 0.661. The van der Waals surface area contributed by atoms with Crippen LogP contribution in [0.15, 0.2) is 30.3 Å². The predicted octanol–water partition coefficient (Wildman–Crippen LogP) is 2.98. The van der Waals surface area contributed by atoms with Crippen LogP contribution < -0.4 is 0 Å². The molecule has 1 amide bonds. The lowest BCUT2D eigenvalue weighted by Crippen LogP contribution is -2.33. The standard InChI is InChI=1S/C13H17NO2/c1-4-14-11(10-8-6-5-7-9-10)13(2,3)16-12(14)15/h5-9,11H,4H2,1-3H3/t11-/m0/s1. The van der Waals surface area contributed by atoms with Crippen LogP contribution in [0.4, 0.5) is 4.79 Å². The van der Waals surface area contributed by atoms with Gasteiger partial charge in [-0.15, -0.1) is 0 Å². The largest absolute Gasteiger partial charge is 0.441 e. The molecule has 0 radical (unpaired) electrons. The Labute approximate surface area is 96.0 Å². The van der Waals surface area contributed by atoms with E-state index in [1.807, 2.05) is 51.1 Å². The smallest absolute Gasteiger partial charge is 0.411 e. The normalized spacial score (nSPS) is 23.3. The summed E-state index contributed by atoms with van der Waals surface area (Å²) in [5, 5.41) is 0. The number of rotatable bonds is 2. The molecule has 1 atom stereocenters. The molecule has 0 saturated carbocycles. The molecule has 1 aromatic rings. The van der Waals surface area contributed by atoms with Crippen molar-refractivity contribution in [2.24, 2.45) is 0 Å². The van der Waals surface area contributed by atoms with Crippen LogP contribution in [-0.4, -0.2) is 23.1 Å². The van der Waals surface area contributed by atoms with Gasteiger partial charge in [0.1, 0.15) is 5.60 Å². The first kappa shape index (κ1) is 11.0. The third kappa shape index (κ3) is 1.66. The van der Waals surface area contributed by atoms with E-state index in [0.717, 1.165) is 5.56 Å². The van der Waals surface area contributed by atoms with Crippen molar-refractivity contribution in [1.29, 1.82) is 0 Å². The molecule has 0 N–H and O–H groups in total. The lowest BCUT2D eigenvalue weighted by molar-refractivity contribution is 0.0676. The molecule has 1 heterocycles. The van der Waals surface area contributed by atoms with Gasteiger partial charge in [-0.25, -0.2) is 4.79 Å². The number of amides is 1. The Balaban J connectivity index is 2.41. The van der Waals surface area contributed by atoms with Crippen LogP contribution in [0, 0.1) is 0 Å². The van der Waals surface area contributed by atoms with Gasteiger partial charge in [-0.05, 0) is 26.3 Å². The fraction of sp³-hybridized carbons (Fsp3) is 0.462. The van der Waals surface area contributed by atoms with Gasteiger partial charge in [0.25, 0.3) is 0 Å². The average molecular weight is 219 g/mol. The Kier molecular flexibility index (Phi) is 2.62. The molecular weight excluding hydrogens is 202 g/mol. The second kappa shape index (κ2) is 3.81. The molecule has 86 valence electrons. The lowest BCUT2D eigenvalue weighted by atomic mass is 9.92. The highest BCUT2D eigenvalue weighted by Gasteiger charge is 2.47.